The molecule has 2 N–H and O–H groups in total. The number of morpholine rings is 1. The lowest BCUT2D eigenvalue weighted by atomic mass is 9.72. The highest BCUT2D eigenvalue weighted by atomic mass is 16.5. The summed E-state index contributed by atoms with van der Waals surface area (Å²) in [5.74, 6) is -0.0679. The molecule has 3 nitrogen and oxygen atoms in total. The van der Waals surface area contributed by atoms with E-state index in [9.17, 15) is 5.11 Å². The van der Waals surface area contributed by atoms with Crippen molar-refractivity contribution in [1.29, 1.82) is 0 Å². The molecule has 3 heteroatoms. The van der Waals surface area contributed by atoms with E-state index >= 15 is 0 Å². The van der Waals surface area contributed by atoms with Gasteiger partial charge < -0.3 is 14.7 Å². The molecule has 0 spiro atoms. The third kappa shape index (κ3) is 4.34. The minimum Gasteiger partial charge on any atom is -0.380 e. The van der Waals surface area contributed by atoms with Crippen LogP contribution in [0, 0.1) is 0 Å². The molecule has 30 heavy (non-hydrogen) atoms. The summed E-state index contributed by atoms with van der Waals surface area (Å²) in [4.78, 5) is 1.48. The van der Waals surface area contributed by atoms with Crippen LogP contribution >= 0.6 is 0 Å². The lowest BCUT2D eigenvalue weighted by Crippen LogP contribution is -3.14. The second kappa shape index (κ2) is 9.57. The standard InChI is InChI=1S/C27H31NO2/c1-2-22-13-15-25(16-14-22)27(29,24-11-7-4-8-12-24)26(23-9-5-3-6-10-23)21-28-17-19-30-20-18-28/h3-16,26,29H,2,17-21H2,1H3/p+1. The van der Waals surface area contributed by atoms with Gasteiger partial charge in [-0.1, -0.05) is 91.9 Å². The first-order valence-corrected chi connectivity index (χ1v) is 11.1. The van der Waals surface area contributed by atoms with Crippen LogP contribution in [0.3, 0.4) is 0 Å². The van der Waals surface area contributed by atoms with Crippen molar-refractivity contribution in [3.8, 4) is 0 Å². The molecule has 0 bridgehead atoms. The van der Waals surface area contributed by atoms with Gasteiger partial charge in [-0.25, -0.2) is 0 Å². The van der Waals surface area contributed by atoms with E-state index in [1.54, 1.807) is 0 Å². The van der Waals surface area contributed by atoms with Gasteiger partial charge in [-0.2, -0.15) is 0 Å². The van der Waals surface area contributed by atoms with Crippen LogP contribution in [0.25, 0.3) is 0 Å². The topological polar surface area (TPSA) is 33.9 Å². The number of ether oxygens (including phenoxy) is 1. The number of aliphatic hydroxyl groups is 1. The lowest BCUT2D eigenvalue weighted by Gasteiger charge is -2.39. The van der Waals surface area contributed by atoms with Crippen LogP contribution in [0.2, 0.25) is 0 Å². The van der Waals surface area contributed by atoms with Crippen molar-refractivity contribution in [2.75, 3.05) is 32.8 Å². The molecule has 1 aliphatic heterocycles. The smallest absolute Gasteiger partial charge is 0.127 e. The first-order chi connectivity index (χ1) is 14.7. The monoisotopic (exact) mass is 402 g/mol. The third-order valence-electron chi connectivity index (χ3n) is 6.42. The van der Waals surface area contributed by atoms with Crippen LogP contribution in [-0.2, 0) is 16.8 Å². The second-order valence-corrected chi connectivity index (χ2v) is 8.21. The molecule has 156 valence electrons. The van der Waals surface area contributed by atoms with Gasteiger partial charge in [-0.3, -0.25) is 0 Å². The van der Waals surface area contributed by atoms with Gasteiger partial charge in [0.2, 0.25) is 0 Å². The molecule has 0 saturated carbocycles. The van der Waals surface area contributed by atoms with Gasteiger partial charge in [0.15, 0.2) is 0 Å². The average Bonchev–Trinajstić information content (AvgIpc) is 2.84. The molecule has 1 fully saturated rings. The Balaban J connectivity index is 1.83. The molecule has 1 heterocycles. The number of quaternary nitrogens is 1. The number of hydrogen-bond donors (Lipinski definition) is 2. The van der Waals surface area contributed by atoms with Crippen LogP contribution < -0.4 is 4.90 Å². The van der Waals surface area contributed by atoms with Gasteiger partial charge in [0.25, 0.3) is 0 Å². The van der Waals surface area contributed by atoms with Crippen molar-refractivity contribution in [2.24, 2.45) is 0 Å². The summed E-state index contributed by atoms with van der Waals surface area (Å²) in [5.41, 5.74) is 3.23. The van der Waals surface area contributed by atoms with Gasteiger partial charge in [-0.05, 0) is 28.7 Å². The van der Waals surface area contributed by atoms with Crippen LogP contribution in [-0.4, -0.2) is 38.0 Å². The van der Waals surface area contributed by atoms with E-state index in [4.69, 9.17) is 4.74 Å². The molecule has 0 aliphatic carbocycles. The van der Waals surface area contributed by atoms with Gasteiger partial charge in [-0.15, -0.1) is 0 Å². The summed E-state index contributed by atoms with van der Waals surface area (Å²) in [7, 11) is 0. The zero-order chi connectivity index (χ0) is 20.8. The molecule has 0 radical (unpaired) electrons. The Hall–Kier alpha value is -2.46. The van der Waals surface area contributed by atoms with Crippen molar-refractivity contribution < 1.29 is 14.7 Å². The number of hydrogen-bond acceptors (Lipinski definition) is 2. The number of benzene rings is 3. The molecule has 3 aromatic carbocycles. The van der Waals surface area contributed by atoms with Crippen LogP contribution in [0.15, 0.2) is 84.9 Å². The highest BCUT2D eigenvalue weighted by molar-refractivity contribution is 5.42. The highest BCUT2D eigenvalue weighted by Gasteiger charge is 2.43. The Kier molecular flexibility index (Phi) is 6.63. The van der Waals surface area contributed by atoms with E-state index in [-0.39, 0.29) is 5.92 Å². The van der Waals surface area contributed by atoms with E-state index in [1.165, 1.54) is 16.0 Å². The van der Waals surface area contributed by atoms with E-state index in [0.717, 1.165) is 50.4 Å². The highest BCUT2D eigenvalue weighted by Crippen LogP contribution is 2.42. The van der Waals surface area contributed by atoms with Crippen LogP contribution in [0.5, 0.6) is 0 Å². The molecule has 3 aromatic rings. The predicted octanol–water partition coefficient (Wildman–Crippen LogP) is 3.18. The van der Waals surface area contributed by atoms with Crippen molar-refractivity contribution in [3.05, 3.63) is 107 Å². The summed E-state index contributed by atoms with van der Waals surface area (Å²) >= 11 is 0. The van der Waals surface area contributed by atoms with Crippen molar-refractivity contribution in [2.45, 2.75) is 24.9 Å². The number of aryl methyl sites for hydroxylation is 1. The Morgan fingerprint density at radius 2 is 1.40 bits per heavy atom. The maximum Gasteiger partial charge on any atom is 0.127 e. The summed E-state index contributed by atoms with van der Waals surface area (Å²) in [6.07, 6.45) is 0.990. The van der Waals surface area contributed by atoms with Crippen molar-refractivity contribution >= 4 is 0 Å². The molecular weight excluding hydrogens is 370 g/mol. The zero-order valence-corrected chi connectivity index (χ0v) is 17.8. The quantitative estimate of drug-likeness (QED) is 0.637. The lowest BCUT2D eigenvalue weighted by molar-refractivity contribution is -0.910. The fourth-order valence-electron chi connectivity index (χ4n) is 4.60. The second-order valence-electron chi connectivity index (χ2n) is 8.21. The Labute approximate surface area is 179 Å². The fourth-order valence-corrected chi connectivity index (χ4v) is 4.60. The first kappa shape index (κ1) is 20.8. The van der Waals surface area contributed by atoms with E-state index in [0.29, 0.717) is 0 Å². The zero-order valence-electron chi connectivity index (χ0n) is 17.8. The van der Waals surface area contributed by atoms with Gasteiger partial charge in [0, 0.05) is 0 Å². The molecular formula is C27H32NO2+. The molecule has 1 aliphatic rings. The van der Waals surface area contributed by atoms with Gasteiger partial charge in [0.1, 0.15) is 18.7 Å². The number of rotatable bonds is 7. The van der Waals surface area contributed by atoms with Crippen molar-refractivity contribution in [1.82, 2.24) is 0 Å². The summed E-state index contributed by atoms with van der Waals surface area (Å²) in [6, 6.07) is 29.1. The third-order valence-corrected chi connectivity index (χ3v) is 6.42. The maximum atomic E-state index is 12.5. The Bertz CT molecular complexity index is 905. The summed E-state index contributed by atoms with van der Waals surface area (Å²) < 4.78 is 5.58. The first-order valence-electron chi connectivity index (χ1n) is 11.1. The normalized spacial score (nSPS) is 17.9. The summed E-state index contributed by atoms with van der Waals surface area (Å²) in [5, 5.41) is 12.5. The van der Waals surface area contributed by atoms with Gasteiger partial charge >= 0.3 is 0 Å². The van der Waals surface area contributed by atoms with E-state index in [2.05, 4.69) is 67.6 Å². The fraction of sp³-hybridized carbons (Fsp3) is 0.333. The largest absolute Gasteiger partial charge is 0.380 e. The Morgan fingerprint density at radius 3 is 2.00 bits per heavy atom. The van der Waals surface area contributed by atoms with Crippen LogP contribution in [0.4, 0.5) is 0 Å². The van der Waals surface area contributed by atoms with E-state index < -0.39 is 5.60 Å². The molecule has 2 atom stereocenters. The predicted molar refractivity (Wildman–Crippen MR) is 121 cm³/mol. The molecule has 2 unspecified atom stereocenters. The minimum atomic E-state index is -1.11. The number of nitrogens with one attached hydrogen (secondary N) is 1. The maximum absolute atomic E-state index is 12.5. The molecule has 0 amide bonds. The minimum absolute atomic E-state index is 0.0679. The van der Waals surface area contributed by atoms with Crippen molar-refractivity contribution in [3.63, 3.8) is 0 Å². The molecule has 1 saturated heterocycles. The van der Waals surface area contributed by atoms with Gasteiger partial charge in [0.05, 0.1) is 25.7 Å². The Morgan fingerprint density at radius 1 is 0.833 bits per heavy atom. The summed E-state index contributed by atoms with van der Waals surface area (Å²) in [6.45, 7) is 6.53. The molecule has 4 rings (SSSR count). The van der Waals surface area contributed by atoms with Crippen LogP contribution in [0.1, 0.15) is 35.1 Å². The average molecular weight is 403 g/mol. The van der Waals surface area contributed by atoms with E-state index in [1.807, 2.05) is 24.3 Å². The SMILES string of the molecule is CCc1ccc(C(O)(c2ccccc2)C(C[NH+]2CCOCC2)c2ccccc2)cc1. The molecule has 0 aromatic heterocycles.